The molecule has 1 aromatic carbocycles. The van der Waals surface area contributed by atoms with Crippen molar-refractivity contribution in [1.82, 2.24) is 0 Å². The zero-order valence-electron chi connectivity index (χ0n) is 9.26. The second kappa shape index (κ2) is 5.45. The average Bonchev–Trinajstić information content (AvgIpc) is 2.26. The van der Waals surface area contributed by atoms with Crippen LogP contribution in [0.3, 0.4) is 0 Å². The summed E-state index contributed by atoms with van der Waals surface area (Å²) in [6.07, 6.45) is 1.87. The minimum absolute atomic E-state index is 0.106. The van der Waals surface area contributed by atoms with Crippen LogP contribution in [0.4, 0.5) is 5.69 Å². The van der Waals surface area contributed by atoms with Crippen LogP contribution in [-0.2, 0) is 9.84 Å². The molecule has 1 aromatic rings. The van der Waals surface area contributed by atoms with Crippen LogP contribution in [0.2, 0.25) is 0 Å². The average molecular weight is 261 g/mol. The Morgan fingerprint density at radius 3 is 2.69 bits per heavy atom. The lowest BCUT2D eigenvalue weighted by Crippen LogP contribution is -2.10. The highest BCUT2D eigenvalue weighted by atomic mass is 32.2. The summed E-state index contributed by atoms with van der Waals surface area (Å²) in [5, 5.41) is 0. The monoisotopic (exact) mass is 261 g/mol. The zero-order chi connectivity index (χ0) is 12.2. The van der Waals surface area contributed by atoms with E-state index < -0.39 is 9.84 Å². The third kappa shape index (κ3) is 3.05. The van der Waals surface area contributed by atoms with Crippen molar-refractivity contribution in [3.05, 3.63) is 18.2 Å². The van der Waals surface area contributed by atoms with Gasteiger partial charge in [0.25, 0.3) is 0 Å². The van der Waals surface area contributed by atoms with E-state index >= 15 is 0 Å². The van der Waals surface area contributed by atoms with Gasteiger partial charge in [-0.1, -0.05) is 0 Å². The summed E-state index contributed by atoms with van der Waals surface area (Å²) in [4.78, 5) is 0.207. The SMILES string of the molecule is COc1cc(N)ccc1S(=O)(=O)CCSC. The van der Waals surface area contributed by atoms with Gasteiger partial charge in [0.1, 0.15) is 10.6 Å². The molecule has 0 saturated carbocycles. The highest BCUT2D eigenvalue weighted by molar-refractivity contribution is 8.00. The summed E-state index contributed by atoms with van der Waals surface area (Å²) in [6.45, 7) is 0. The lowest BCUT2D eigenvalue weighted by atomic mass is 10.3. The number of anilines is 1. The predicted octanol–water partition coefficient (Wildman–Crippen LogP) is 1.41. The number of hydrogen-bond acceptors (Lipinski definition) is 5. The lowest BCUT2D eigenvalue weighted by Gasteiger charge is -2.09. The third-order valence-electron chi connectivity index (χ3n) is 2.08. The van der Waals surface area contributed by atoms with Gasteiger partial charge in [-0.05, 0) is 18.4 Å². The molecule has 6 heteroatoms. The number of rotatable bonds is 5. The van der Waals surface area contributed by atoms with E-state index in [1.807, 2.05) is 6.26 Å². The van der Waals surface area contributed by atoms with E-state index in [0.29, 0.717) is 17.2 Å². The van der Waals surface area contributed by atoms with Crippen molar-refractivity contribution >= 4 is 27.3 Å². The van der Waals surface area contributed by atoms with Crippen molar-refractivity contribution in [3.63, 3.8) is 0 Å². The van der Waals surface area contributed by atoms with Crippen molar-refractivity contribution < 1.29 is 13.2 Å². The Kier molecular flexibility index (Phi) is 4.49. The number of sulfone groups is 1. The maximum atomic E-state index is 11.9. The van der Waals surface area contributed by atoms with Gasteiger partial charge in [-0.15, -0.1) is 0 Å². The molecule has 0 aliphatic rings. The fourth-order valence-electron chi connectivity index (χ4n) is 1.24. The third-order valence-corrected chi connectivity index (χ3v) is 4.70. The molecule has 1 rings (SSSR count). The van der Waals surface area contributed by atoms with E-state index in [0.717, 1.165) is 0 Å². The van der Waals surface area contributed by atoms with E-state index in [2.05, 4.69) is 0 Å². The van der Waals surface area contributed by atoms with Crippen LogP contribution in [0.5, 0.6) is 5.75 Å². The van der Waals surface area contributed by atoms with Gasteiger partial charge in [0, 0.05) is 17.5 Å². The molecule has 0 amide bonds. The zero-order valence-corrected chi connectivity index (χ0v) is 10.9. The summed E-state index contributed by atoms with van der Waals surface area (Å²) in [5.41, 5.74) is 6.05. The smallest absolute Gasteiger partial charge is 0.182 e. The fraction of sp³-hybridized carbons (Fsp3) is 0.400. The minimum Gasteiger partial charge on any atom is -0.495 e. The van der Waals surface area contributed by atoms with Crippen molar-refractivity contribution in [1.29, 1.82) is 0 Å². The molecular weight excluding hydrogens is 246 g/mol. The van der Waals surface area contributed by atoms with E-state index in [9.17, 15) is 8.42 Å². The standard InChI is InChI=1S/C10H15NO3S2/c1-14-9-7-8(11)3-4-10(9)16(12,13)6-5-15-2/h3-4,7H,5-6,11H2,1-2H3. The molecule has 0 heterocycles. The molecular formula is C10H15NO3S2. The molecule has 0 unspecified atom stereocenters. The van der Waals surface area contributed by atoms with Crippen LogP contribution in [0.1, 0.15) is 0 Å². The normalized spacial score (nSPS) is 11.4. The molecule has 0 saturated heterocycles. The van der Waals surface area contributed by atoms with E-state index in [-0.39, 0.29) is 10.6 Å². The number of nitrogen functional groups attached to an aromatic ring is 1. The molecule has 0 atom stereocenters. The van der Waals surface area contributed by atoms with Crippen LogP contribution in [-0.4, -0.2) is 33.3 Å². The second-order valence-electron chi connectivity index (χ2n) is 3.22. The Hall–Kier alpha value is -0.880. The van der Waals surface area contributed by atoms with Gasteiger partial charge in [-0.25, -0.2) is 8.42 Å². The molecule has 0 radical (unpaired) electrons. The molecule has 0 aromatic heterocycles. The molecule has 16 heavy (non-hydrogen) atoms. The van der Waals surface area contributed by atoms with Crippen LogP contribution in [0.25, 0.3) is 0 Å². The predicted molar refractivity (Wildman–Crippen MR) is 67.8 cm³/mol. The fourth-order valence-corrected chi connectivity index (χ4v) is 3.73. The lowest BCUT2D eigenvalue weighted by molar-refractivity contribution is 0.403. The first-order valence-electron chi connectivity index (χ1n) is 4.66. The molecule has 0 spiro atoms. The van der Waals surface area contributed by atoms with Crippen LogP contribution in [0.15, 0.2) is 23.1 Å². The van der Waals surface area contributed by atoms with Crippen LogP contribution >= 0.6 is 11.8 Å². The number of methoxy groups -OCH3 is 1. The number of hydrogen-bond donors (Lipinski definition) is 1. The molecule has 0 bridgehead atoms. The van der Waals surface area contributed by atoms with Crippen LogP contribution in [0, 0.1) is 0 Å². The maximum Gasteiger partial charge on any atom is 0.182 e. The summed E-state index contributed by atoms with van der Waals surface area (Å²) in [7, 11) is -1.85. The van der Waals surface area contributed by atoms with Gasteiger partial charge >= 0.3 is 0 Å². The van der Waals surface area contributed by atoms with Crippen molar-refractivity contribution in [2.75, 3.05) is 30.6 Å². The maximum absolute atomic E-state index is 11.9. The summed E-state index contributed by atoms with van der Waals surface area (Å²) >= 11 is 1.50. The van der Waals surface area contributed by atoms with Crippen molar-refractivity contribution in [3.8, 4) is 5.75 Å². The Labute approximate surface area is 100 Å². The highest BCUT2D eigenvalue weighted by Gasteiger charge is 2.19. The molecule has 0 aliphatic carbocycles. The summed E-state index contributed by atoms with van der Waals surface area (Å²) in [5.74, 6) is 0.978. The van der Waals surface area contributed by atoms with E-state index in [1.165, 1.54) is 31.0 Å². The topological polar surface area (TPSA) is 69.4 Å². The van der Waals surface area contributed by atoms with E-state index in [1.54, 1.807) is 6.07 Å². The summed E-state index contributed by atoms with van der Waals surface area (Å²) in [6, 6.07) is 4.57. The Morgan fingerprint density at radius 2 is 2.12 bits per heavy atom. The quantitative estimate of drug-likeness (QED) is 0.812. The minimum atomic E-state index is -3.28. The highest BCUT2D eigenvalue weighted by Crippen LogP contribution is 2.27. The largest absolute Gasteiger partial charge is 0.495 e. The van der Waals surface area contributed by atoms with Gasteiger partial charge in [-0.2, -0.15) is 11.8 Å². The van der Waals surface area contributed by atoms with Crippen LogP contribution < -0.4 is 10.5 Å². The number of benzene rings is 1. The molecule has 90 valence electrons. The van der Waals surface area contributed by atoms with Gasteiger partial charge in [0.2, 0.25) is 0 Å². The first-order chi connectivity index (χ1) is 7.51. The van der Waals surface area contributed by atoms with Gasteiger partial charge in [-0.3, -0.25) is 0 Å². The Balaban J connectivity index is 3.12. The first-order valence-corrected chi connectivity index (χ1v) is 7.71. The molecule has 0 aliphatic heterocycles. The first kappa shape index (κ1) is 13.2. The second-order valence-corrected chi connectivity index (χ2v) is 6.29. The van der Waals surface area contributed by atoms with Gasteiger partial charge < -0.3 is 10.5 Å². The van der Waals surface area contributed by atoms with Gasteiger partial charge in [0.05, 0.1) is 12.9 Å². The number of nitrogens with two attached hydrogens (primary N) is 1. The van der Waals surface area contributed by atoms with Gasteiger partial charge in [0.15, 0.2) is 9.84 Å². The van der Waals surface area contributed by atoms with Crippen molar-refractivity contribution in [2.45, 2.75) is 4.90 Å². The molecule has 2 N–H and O–H groups in total. The summed E-state index contributed by atoms with van der Waals surface area (Å²) < 4.78 is 28.9. The molecule has 4 nitrogen and oxygen atoms in total. The van der Waals surface area contributed by atoms with Crippen molar-refractivity contribution in [2.24, 2.45) is 0 Å². The Bertz CT molecular complexity index is 457. The molecule has 0 fully saturated rings. The Morgan fingerprint density at radius 1 is 1.44 bits per heavy atom. The number of thioether (sulfide) groups is 1. The number of ether oxygens (including phenoxy) is 1. The van der Waals surface area contributed by atoms with E-state index in [4.69, 9.17) is 10.5 Å².